The number of benzene rings is 2. The summed E-state index contributed by atoms with van der Waals surface area (Å²) in [6, 6.07) is 13.5. The fourth-order valence-electron chi connectivity index (χ4n) is 2.85. The highest BCUT2D eigenvalue weighted by atomic mass is 16.5. The van der Waals surface area contributed by atoms with Crippen molar-refractivity contribution in [1.82, 2.24) is 0 Å². The van der Waals surface area contributed by atoms with Crippen LogP contribution in [0.2, 0.25) is 0 Å². The molecule has 0 bridgehead atoms. The molecule has 28 heavy (non-hydrogen) atoms. The maximum Gasteiger partial charge on any atom is 0.265 e. The first kappa shape index (κ1) is 21.8. The normalized spacial score (nSPS) is 11.7. The zero-order valence-corrected chi connectivity index (χ0v) is 17.6. The Hall–Kier alpha value is -2.49. The van der Waals surface area contributed by atoms with Crippen molar-refractivity contribution in [3.05, 3.63) is 53.6 Å². The van der Waals surface area contributed by atoms with E-state index in [1.54, 1.807) is 6.92 Å². The van der Waals surface area contributed by atoms with Crippen LogP contribution in [0.3, 0.4) is 0 Å². The summed E-state index contributed by atoms with van der Waals surface area (Å²) in [6.45, 7) is 8.68. The first-order valence-corrected chi connectivity index (χ1v) is 10.3. The molecule has 2 aromatic rings. The number of rotatable bonds is 11. The van der Waals surface area contributed by atoms with Gasteiger partial charge >= 0.3 is 0 Å². The van der Waals surface area contributed by atoms with Gasteiger partial charge in [-0.05, 0) is 68.7 Å². The van der Waals surface area contributed by atoms with Crippen LogP contribution in [0.4, 0.5) is 5.69 Å². The molecule has 1 amide bonds. The molecule has 2 rings (SSSR count). The smallest absolute Gasteiger partial charge is 0.265 e. The van der Waals surface area contributed by atoms with Gasteiger partial charge in [0.25, 0.3) is 5.91 Å². The second kappa shape index (κ2) is 11.4. The molecule has 0 radical (unpaired) electrons. The third kappa shape index (κ3) is 7.26. The molecular formula is C24H33NO3. The molecule has 0 aliphatic heterocycles. The Kier molecular flexibility index (Phi) is 8.86. The van der Waals surface area contributed by atoms with Gasteiger partial charge in [-0.1, -0.05) is 44.7 Å². The van der Waals surface area contributed by atoms with Crippen molar-refractivity contribution in [2.45, 2.75) is 65.9 Å². The van der Waals surface area contributed by atoms with Crippen LogP contribution in [-0.4, -0.2) is 18.6 Å². The fourth-order valence-corrected chi connectivity index (χ4v) is 2.85. The Bertz CT molecular complexity index is 740. The average molecular weight is 384 g/mol. The molecule has 0 saturated carbocycles. The molecule has 2 aromatic carbocycles. The minimum atomic E-state index is -0.584. The number of carbonyl (C=O) groups excluding carboxylic acids is 1. The van der Waals surface area contributed by atoms with E-state index in [0.29, 0.717) is 0 Å². The van der Waals surface area contributed by atoms with Gasteiger partial charge in [-0.25, -0.2) is 0 Å². The van der Waals surface area contributed by atoms with E-state index in [-0.39, 0.29) is 5.91 Å². The number of unbranched alkanes of at least 4 members (excludes halogenated alkanes) is 4. The molecule has 0 aromatic heterocycles. The summed E-state index contributed by atoms with van der Waals surface area (Å²) in [6.07, 6.45) is 5.51. The second-order valence-electron chi connectivity index (χ2n) is 7.31. The van der Waals surface area contributed by atoms with Gasteiger partial charge in [0, 0.05) is 5.69 Å². The number of amides is 1. The molecule has 1 atom stereocenters. The lowest BCUT2D eigenvalue weighted by molar-refractivity contribution is -0.122. The minimum Gasteiger partial charge on any atom is -0.494 e. The number of aryl methyl sites for hydroxylation is 2. The fraction of sp³-hybridized carbons (Fsp3) is 0.458. The van der Waals surface area contributed by atoms with Crippen LogP contribution in [0, 0.1) is 13.8 Å². The van der Waals surface area contributed by atoms with Gasteiger partial charge < -0.3 is 14.8 Å². The zero-order chi connectivity index (χ0) is 20.4. The van der Waals surface area contributed by atoms with Crippen LogP contribution >= 0.6 is 0 Å². The summed E-state index contributed by atoms with van der Waals surface area (Å²) >= 11 is 0. The Labute approximate surface area is 169 Å². The quantitative estimate of drug-likeness (QED) is 0.480. The molecule has 0 heterocycles. The van der Waals surface area contributed by atoms with Crippen molar-refractivity contribution in [1.29, 1.82) is 0 Å². The number of hydrogen-bond acceptors (Lipinski definition) is 3. The van der Waals surface area contributed by atoms with Crippen LogP contribution in [-0.2, 0) is 4.79 Å². The lowest BCUT2D eigenvalue weighted by atomic mass is 10.1. The Balaban J connectivity index is 1.79. The predicted molar refractivity (Wildman–Crippen MR) is 115 cm³/mol. The minimum absolute atomic E-state index is 0.175. The highest BCUT2D eigenvalue weighted by Crippen LogP contribution is 2.21. The van der Waals surface area contributed by atoms with Crippen molar-refractivity contribution in [3.8, 4) is 11.5 Å². The van der Waals surface area contributed by atoms with Crippen molar-refractivity contribution >= 4 is 11.6 Å². The first-order chi connectivity index (χ1) is 13.5. The molecule has 1 unspecified atom stereocenters. The summed E-state index contributed by atoms with van der Waals surface area (Å²) in [5.41, 5.74) is 2.85. The Morgan fingerprint density at radius 3 is 2.43 bits per heavy atom. The first-order valence-electron chi connectivity index (χ1n) is 10.3. The van der Waals surface area contributed by atoms with E-state index >= 15 is 0 Å². The van der Waals surface area contributed by atoms with E-state index in [1.807, 2.05) is 56.3 Å². The van der Waals surface area contributed by atoms with Crippen molar-refractivity contribution in [2.75, 3.05) is 11.9 Å². The van der Waals surface area contributed by atoms with Crippen molar-refractivity contribution < 1.29 is 14.3 Å². The number of ether oxygens (including phenoxy) is 2. The van der Waals surface area contributed by atoms with E-state index in [2.05, 4.69) is 12.2 Å². The van der Waals surface area contributed by atoms with E-state index < -0.39 is 6.10 Å². The highest BCUT2D eigenvalue weighted by molar-refractivity contribution is 5.94. The predicted octanol–water partition coefficient (Wildman–Crippen LogP) is 6.06. The van der Waals surface area contributed by atoms with Crippen LogP contribution in [0.15, 0.2) is 42.5 Å². The monoisotopic (exact) mass is 383 g/mol. The van der Waals surface area contributed by atoms with E-state index in [0.717, 1.165) is 41.3 Å². The van der Waals surface area contributed by atoms with E-state index in [4.69, 9.17) is 9.47 Å². The summed E-state index contributed by atoms with van der Waals surface area (Å²) in [5, 5.41) is 2.89. The number of hydrogen-bond donors (Lipinski definition) is 1. The third-order valence-corrected chi connectivity index (χ3v) is 4.66. The third-order valence-electron chi connectivity index (χ3n) is 4.66. The summed E-state index contributed by atoms with van der Waals surface area (Å²) in [7, 11) is 0. The molecular weight excluding hydrogens is 350 g/mol. The average Bonchev–Trinajstić information content (AvgIpc) is 2.68. The number of nitrogens with one attached hydrogen (secondary N) is 1. The molecule has 0 aliphatic rings. The molecule has 0 spiro atoms. The highest BCUT2D eigenvalue weighted by Gasteiger charge is 2.16. The van der Waals surface area contributed by atoms with Gasteiger partial charge in [-0.3, -0.25) is 4.79 Å². The molecule has 4 nitrogen and oxygen atoms in total. The SMILES string of the molecule is CCCCCCCOc1ccc(NC(=O)C(C)Oc2cc(C)ccc2C)cc1. The topological polar surface area (TPSA) is 47.6 Å². The lowest BCUT2D eigenvalue weighted by Crippen LogP contribution is -2.30. The molecule has 1 N–H and O–H groups in total. The van der Waals surface area contributed by atoms with Gasteiger partial charge in [0.05, 0.1) is 6.61 Å². The van der Waals surface area contributed by atoms with Crippen LogP contribution in [0.25, 0.3) is 0 Å². The van der Waals surface area contributed by atoms with Crippen LogP contribution in [0.5, 0.6) is 11.5 Å². The standard InChI is InChI=1S/C24H33NO3/c1-5-6-7-8-9-16-27-22-14-12-21(13-15-22)25-24(26)20(4)28-23-17-18(2)10-11-19(23)3/h10-15,17,20H,5-9,16H2,1-4H3,(H,25,26). The van der Waals surface area contributed by atoms with Gasteiger partial charge in [0.1, 0.15) is 11.5 Å². The summed E-state index contributed by atoms with van der Waals surface area (Å²) in [5.74, 6) is 1.39. The molecule has 0 saturated heterocycles. The van der Waals surface area contributed by atoms with Gasteiger partial charge in [0.2, 0.25) is 0 Å². The van der Waals surface area contributed by atoms with Gasteiger partial charge in [-0.15, -0.1) is 0 Å². The molecule has 4 heteroatoms. The molecule has 152 valence electrons. The van der Waals surface area contributed by atoms with Gasteiger partial charge in [-0.2, -0.15) is 0 Å². The maximum atomic E-state index is 12.4. The lowest BCUT2D eigenvalue weighted by Gasteiger charge is -2.17. The second-order valence-corrected chi connectivity index (χ2v) is 7.31. The molecule has 0 aliphatic carbocycles. The Morgan fingerprint density at radius 2 is 1.71 bits per heavy atom. The number of carbonyl (C=O) groups is 1. The summed E-state index contributed by atoms with van der Waals surface area (Å²) in [4.78, 5) is 12.4. The van der Waals surface area contributed by atoms with Crippen molar-refractivity contribution in [3.63, 3.8) is 0 Å². The van der Waals surface area contributed by atoms with Crippen LogP contribution < -0.4 is 14.8 Å². The molecule has 0 fully saturated rings. The van der Waals surface area contributed by atoms with Crippen LogP contribution in [0.1, 0.15) is 57.1 Å². The Morgan fingerprint density at radius 1 is 1.00 bits per heavy atom. The van der Waals surface area contributed by atoms with E-state index in [1.165, 1.54) is 25.7 Å². The zero-order valence-electron chi connectivity index (χ0n) is 17.6. The summed E-state index contributed by atoms with van der Waals surface area (Å²) < 4.78 is 11.6. The number of anilines is 1. The maximum absolute atomic E-state index is 12.4. The van der Waals surface area contributed by atoms with E-state index in [9.17, 15) is 4.79 Å². The van der Waals surface area contributed by atoms with Gasteiger partial charge in [0.15, 0.2) is 6.10 Å². The largest absolute Gasteiger partial charge is 0.494 e. The van der Waals surface area contributed by atoms with Crippen molar-refractivity contribution in [2.24, 2.45) is 0 Å².